The third-order valence-corrected chi connectivity index (χ3v) is 4.13. The summed E-state index contributed by atoms with van der Waals surface area (Å²) in [7, 11) is 1.97. The largest absolute Gasteiger partial charge is 0.356 e. The van der Waals surface area contributed by atoms with E-state index in [4.69, 9.17) is 0 Å². The first kappa shape index (κ1) is 12.4. The molecule has 102 valence electrons. The first-order chi connectivity index (χ1) is 9.13. The Morgan fingerprint density at radius 1 is 1.21 bits per heavy atom. The summed E-state index contributed by atoms with van der Waals surface area (Å²) in [6.45, 7) is 0. The van der Waals surface area contributed by atoms with Gasteiger partial charge in [-0.1, -0.05) is 0 Å². The maximum Gasteiger partial charge on any atom is 0.252 e. The second-order valence-electron chi connectivity index (χ2n) is 5.64. The summed E-state index contributed by atoms with van der Waals surface area (Å²) >= 11 is 0. The summed E-state index contributed by atoms with van der Waals surface area (Å²) in [6.07, 6.45) is 5.26. The number of hydrogen-bond acceptors (Lipinski definition) is 4. The lowest BCUT2D eigenvalue weighted by Gasteiger charge is -2.31. The monoisotopic (exact) mass is 261 g/mol. The van der Waals surface area contributed by atoms with Gasteiger partial charge in [-0.3, -0.25) is 9.59 Å². The average Bonchev–Trinajstić information content (AvgIpc) is 3.22. The van der Waals surface area contributed by atoms with E-state index >= 15 is 0 Å². The quantitative estimate of drug-likeness (QED) is 0.897. The molecule has 2 saturated carbocycles. The minimum Gasteiger partial charge on any atom is -0.356 e. The Morgan fingerprint density at radius 3 is 2.53 bits per heavy atom. The lowest BCUT2D eigenvalue weighted by Crippen LogP contribution is -2.36. The van der Waals surface area contributed by atoms with Crippen LogP contribution in [0.25, 0.3) is 0 Å². The van der Waals surface area contributed by atoms with E-state index in [1.165, 1.54) is 0 Å². The molecule has 2 aliphatic carbocycles. The van der Waals surface area contributed by atoms with Gasteiger partial charge in [-0.25, -0.2) is 4.98 Å². The minimum atomic E-state index is -0.0781. The zero-order chi connectivity index (χ0) is 13.4. The van der Waals surface area contributed by atoms with Crippen molar-refractivity contribution in [3.8, 4) is 0 Å². The number of rotatable bonds is 3. The fourth-order valence-corrected chi connectivity index (χ4v) is 2.69. The summed E-state index contributed by atoms with van der Waals surface area (Å²) in [5.41, 5.74) is -0.0781. The molecule has 0 unspecified atom stereocenters. The summed E-state index contributed by atoms with van der Waals surface area (Å²) in [5, 5.41) is 0. The number of nitrogens with zero attached hydrogens (tertiary/aromatic N) is 2. The standard InChI is InChI=1S/C14H19N3O2/c1-17(10-4-6-11(18)7-5-10)12-8-13(19)16-14(15-12)9-2-3-9/h8-10H,2-7H2,1H3,(H,15,16,19). The maximum absolute atomic E-state index is 11.7. The molecule has 0 atom stereocenters. The highest BCUT2D eigenvalue weighted by atomic mass is 16.1. The van der Waals surface area contributed by atoms with Crippen LogP contribution in [0.5, 0.6) is 0 Å². The molecular weight excluding hydrogens is 242 g/mol. The topological polar surface area (TPSA) is 66.1 Å². The lowest BCUT2D eigenvalue weighted by atomic mass is 9.93. The van der Waals surface area contributed by atoms with E-state index in [2.05, 4.69) is 14.9 Å². The van der Waals surface area contributed by atoms with Crippen molar-refractivity contribution in [1.82, 2.24) is 9.97 Å². The molecule has 1 aromatic heterocycles. The molecule has 1 aromatic rings. The van der Waals surface area contributed by atoms with Crippen molar-refractivity contribution in [2.45, 2.75) is 50.5 Å². The Morgan fingerprint density at radius 2 is 1.89 bits per heavy atom. The van der Waals surface area contributed by atoms with Crippen molar-refractivity contribution in [2.75, 3.05) is 11.9 Å². The van der Waals surface area contributed by atoms with Gasteiger partial charge in [-0.2, -0.15) is 0 Å². The molecule has 0 bridgehead atoms. The molecule has 1 heterocycles. The molecule has 2 fully saturated rings. The number of ketones is 1. The molecule has 19 heavy (non-hydrogen) atoms. The van der Waals surface area contributed by atoms with Crippen molar-refractivity contribution < 1.29 is 4.79 Å². The van der Waals surface area contributed by atoms with Crippen molar-refractivity contribution in [3.05, 3.63) is 22.2 Å². The predicted molar refractivity (Wildman–Crippen MR) is 72.5 cm³/mol. The van der Waals surface area contributed by atoms with E-state index in [1.807, 2.05) is 7.05 Å². The number of aromatic nitrogens is 2. The fourth-order valence-electron chi connectivity index (χ4n) is 2.69. The number of carbonyl (C=O) groups is 1. The molecule has 0 aliphatic heterocycles. The second-order valence-corrected chi connectivity index (χ2v) is 5.64. The van der Waals surface area contributed by atoms with Crippen LogP contribution >= 0.6 is 0 Å². The molecule has 0 radical (unpaired) electrons. The Labute approximate surface area is 112 Å². The first-order valence-electron chi connectivity index (χ1n) is 6.99. The number of nitrogens with one attached hydrogen (secondary N) is 1. The zero-order valence-electron chi connectivity index (χ0n) is 11.2. The molecule has 2 aliphatic rings. The number of H-pyrrole nitrogens is 1. The number of carbonyl (C=O) groups excluding carboxylic acids is 1. The van der Waals surface area contributed by atoms with Gasteiger partial charge < -0.3 is 9.88 Å². The number of hydrogen-bond donors (Lipinski definition) is 1. The van der Waals surface area contributed by atoms with Gasteiger partial charge in [-0.05, 0) is 25.7 Å². The molecule has 0 amide bonds. The normalized spacial score (nSPS) is 20.6. The van der Waals surface area contributed by atoms with Crippen LogP contribution in [0.1, 0.15) is 50.3 Å². The van der Waals surface area contributed by atoms with Crippen molar-refractivity contribution in [1.29, 1.82) is 0 Å². The molecule has 0 saturated heterocycles. The first-order valence-corrected chi connectivity index (χ1v) is 6.99. The van der Waals surface area contributed by atoms with Crippen LogP contribution in [0, 0.1) is 0 Å². The van der Waals surface area contributed by atoms with Crippen LogP contribution in [0.4, 0.5) is 5.82 Å². The van der Waals surface area contributed by atoms with Crippen LogP contribution in [-0.4, -0.2) is 28.8 Å². The maximum atomic E-state index is 11.7. The van der Waals surface area contributed by atoms with E-state index < -0.39 is 0 Å². The third-order valence-electron chi connectivity index (χ3n) is 4.13. The second kappa shape index (κ2) is 4.79. The zero-order valence-corrected chi connectivity index (χ0v) is 11.2. The van der Waals surface area contributed by atoms with Crippen LogP contribution in [-0.2, 0) is 4.79 Å². The molecule has 5 nitrogen and oxygen atoms in total. The van der Waals surface area contributed by atoms with E-state index in [1.54, 1.807) is 6.07 Å². The Balaban J connectivity index is 1.80. The van der Waals surface area contributed by atoms with Crippen LogP contribution in [0.3, 0.4) is 0 Å². The lowest BCUT2D eigenvalue weighted by molar-refractivity contribution is -0.120. The number of aromatic amines is 1. The van der Waals surface area contributed by atoms with Crippen LogP contribution < -0.4 is 10.5 Å². The number of anilines is 1. The van der Waals surface area contributed by atoms with Gasteiger partial charge in [0.05, 0.1) is 0 Å². The third kappa shape index (κ3) is 2.69. The Bertz CT molecular complexity index is 538. The van der Waals surface area contributed by atoms with E-state index in [0.717, 1.165) is 37.3 Å². The van der Waals surface area contributed by atoms with Gasteiger partial charge in [0.1, 0.15) is 17.4 Å². The van der Waals surface area contributed by atoms with Crippen molar-refractivity contribution in [2.24, 2.45) is 0 Å². The number of Topliss-reactive ketones (excluding diaryl/α,β-unsaturated/α-hetero) is 1. The van der Waals surface area contributed by atoms with Crippen molar-refractivity contribution >= 4 is 11.6 Å². The van der Waals surface area contributed by atoms with Crippen molar-refractivity contribution in [3.63, 3.8) is 0 Å². The summed E-state index contributed by atoms with van der Waals surface area (Å²) in [6, 6.07) is 1.88. The van der Waals surface area contributed by atoms with E-state index in [0.29, 0.717) is 30.6 Å². The van der Waals surface area contributed by atoms with Gasteiger partial charge in [-0.15, -0.1) is 0 Å². The Kier molecular flexibility index (Phi) is 3.12. The van der Waals surface area contributed by atoms with Crippen LogP contribution in [0.2, 0.25) is 0 Å². The SMILES string of the molecule is CN(c1cc(=O)[nH]c(C2CC2)n1)C1CCC(=O)CC1. The summed E-state index contributed by atoms with van der Waals surface area (Å²) < 4.78 is 0. The molecule has 0 spiro atoms. The van der Waals surface area contributed by atoms with E-state index in [-0.39, 0.29) is 5.56 Å². The molecular formula is C14H19N3O2. The predicted octanol–water partition coefficient (Wildman–Crippen LogP) is 1.60. The van der Waals surface area contributed by atoms with Gasteiger partial charge >= 0.3 is 0 Å². The Hall–Kier alpha value is -1.65. The molecule has 0 aromatic carbocycles. The van der Waals surface area contributed by atoms with Gasteiger partial charge in [0.2, 0.25) is 0 Å². The fraction of sp³-hybridized carbons (Fsp3) is 0.643. The highest BCUT2D eigenvalue weighted by molar-refractivity contribution is 5.79. The summed E-state index contributed by atoms with van der Waals surface area (Å²) in [5.74, 6) is 2.35. The molecule has 1 N–H and O–H groups in total. The van der Waals surface area contributed by atoms with Gasteiger partial charge in [0.15, 0.2) is 0 Å². The molecule has 5 heteroatoms. The minimum absolute atomic E-state index is 0.0781. The van der Waals surface area contributed by atoms with E-state index in [9.17, 15) is 9.59 Å². The van der Waals surface area contributed by atoms with Gasteiger partial charge in [0, 0.05) is 37.9 Å². The average molecular weight is 261 g/mol. The van der Waals surface area contributed by atoms with Gasteiger partial charge in [0.25, 0.3) is 5.56 Å². The van der Waals surface area contributed by atoms with Crippen LogP contribution in [0.15, 0.2) is 10.9 Å². The highest BCUT2D eigenvalue weighted by Gasteiger charge is 2.28. The smallest absolute Gasteiger partial charge is 0.252 e. The molecule has 3 rings (SSSR count). The summed E-state index contributed by atoms with van der Waals surface area (Å²) in [4.78, 5) is 32.5. The highest BCUT2D eigenvalue weighted by Crippen LogP contribution is 2.38.